The molecular formula is C15H22FNO4S. The van der Waals surface area contributed by atoms with Crippen LogP contribution in [0.2, 0.25) is 0 Å². The molecule has 0 spiro atoms. The van der Waals surface area contributed by atoms with Crippen molar-refractivity contribution in [2.24, 2.45) is 5.73 Å². The Bertz CT molecular complexity index is 570. The number of hydrogen-bond acceptors (Lipinski definition) is 5. The fourth-order valence-electron chi connectivity index (χ4n) is 1.75. The molecule has 0 atom stereocenters. The number of halogens is 1. The Morgan fingerprint density at radius 2 is 1.91 bits per heavy atom. The zero-order valence-electron chi connectivity index (χ0n) is 12.4. The lowest BCUT2D eigenvalue weighted by molar-refractivity contribution is 0.284. The van der Waals surface area contributed by atoms with E-state index in [1.165, 1.54) is 24.3 Å². The largest absolute Gasteiger partial charge is 0.489 e. The molecule has 0 fully saturated rings. The van der Waals surface area contributed by atoms with Crippen molar-refractivity contribution in [3.63, 3.8) is 0 Å². The molecule has 0 aromatic heterocycles. The first kappa shape index (κ1) is 18.6. The Morgan fingerprint density at radius 1 is 1.23 bits per heavy atom. The molecule has 124 valence electrons. The van der Waals surface area contributed by atoms with Crippen LogP contribution in [0.1, 0.15) is 19.3 Å². The third-order valence-electron chi connectivity index (χ3n) is 3.09. The summed E-state index contributed by atoms with van der Waals surface area (Å²) in [6, 6.07) is 6.01. The lowest BCUT2D eigenvalue weighted by Crippen LogP contribution is -2.11. The monoisotopic (exact) mass is 331 g/mol. The van der Waals surface area contributed by atoms with Gasteiger partial charge in [0.15, 0.2) is 9.84 Å². The summed E-state index contributed by atoms with van der Waals surface area (Å²) >= 11 is 0. The smallest absolute Gasteiger partial charge is 0.178 e. The van der Waals surface area contributed by atoms with Gasteiger partial charge >= 0.3 is 0 Å². The highest BCUT2D eigenvalue weighted by atomic mass is 32.2. The molecular weight excluding hydrogens is 309 g/mol. The Morgan fingerprint density at radius 3 is 2.45 bits per heavy atom. The van der Waals surface area contributed by atoms with E-state index in [9.17, 15) is 12.8 Å². The zero-order chi connectivity index (χ0) is 16.4. The standard InChI is InChI=1S/C15H22FNO4S/c16-10-13(11-17)12-21-14-4-6-15(7-5-14)22(19,20)9-3-1-2-8-18/h4-7,10,18H,1-3,8-9,11-12,17H2/b13-10+. The van der Waals surface area contributed by atoms with E-state index < -0.39 is 9.84 Å². The zero-order valence-corrected chi connectivity index (χ0v) is 13.2. The molecule has 0 heterocycles. The molecule has 0 saturated carbocycles. The van der Waals surface area contributed by atoms with Gasteiger partial charge < -0.3 is 15.6 Å². The van der Waals surface area contributed by atoms with Gasteiger partial charge in [-0.05, 0) is 37.1 Å². The predicted molar refractivity (Wildman–Crippen MR) is 83.2 cm³/mol. The second kappa shape index (κ2) is 9.55. The van der Waals surface area contributed by atoms with E-state index in [-0.39, 0.29) is 30.4 Å². The Hall–Kier alpha value is -1.44. The third-order valence-corrected chi connectivity index (χ3v) is 4.91. The minimum absolute atomic E-state index is 0.0280. The van der Waals surface area contributed by atoms with Crippen molar-refractivity contribution in [2.45, 2.75) is 24.2 Å². The summed E-state index contributed by atoms with van der Waals surface area (Å²) in [6.07, 6.45) is 2.20. The lowest BCUT2D eigenvalue weighted by atomic mass is 10.3. The number of rotatable bonds is 10. The molecule has 1 aromatic rings. The molecule has 1 aromatic carbocycles. The first-order chi connectivity index (χ1) is 10.5. The Balaban J connectivity index is 2.59. The van der Waals surface area contributed by atoms with Crippen LogP contribution in [0.5, 0.6) is 5.75 Å². The topological polar surface area (TPSA) is 89.6 Å². The summed E-state index contributed by atoms with van der Waals surface area (Å²) in [7, 11) is -3.33. The van der Waals surface area contributed by atoms with Crippen molar-refractivity contribution in [1.29, 1.82) is 0 Å². The average molecular weight is 331 g/mol. The van der Waals surface area contributed by atoms with E-state index in [2.05, 4.69) is 0 Å². The summed E-state index contributed by atoms with van der Waals surface area (Å²) in [4.78, 5) is 0.226. The number of benzene rings is 1. The Kier molecular flexibility index (Phi) is 8.08. The fourth-order valence-corrected chi connectivity index (χ4v) is 3.12. The molecule has 0 aliphatic rings. The Labute approximate surface area is 130 Å². The second-order valence-corrected chi connectivity index (χ2v) is 6.94. The highest BCUT2D eigenvalue weighted by Gasteiger charge is 2.13. The average Bonchev–Trinajstić information content (AvgIpc) is 2.53. The van der Waals surface area contributed by atoms with Crippen LogP contribution >= 0.6 is 0 Å². The van der Waals surface area contributed by atoms with Crippen LogP contribution in [-0.4, -0.2) is 39.0 Å². The molecule has 0 saturated heterocycles. The molecule has 0 aliphatic carbocycles. The molecule has 1 rings (SSSR count). The maximum Gasteiger partial charge on any atom is 0.178 e. The first-order valence-corrected chi connectivity index (χ1v) is 8.73. The molecule has 0 radical (unpaired) electrons. The van der Waals surface area contributed by atoms with Crippen molar-refractivity contribution in [2.75, 3.05) is 25.5 Å². The third kappa shape index (κ3) is 6.13. The molecule has 7 heteroatoms. The van der Waals surface area contributed by atoms with Gasteiger partial charge in [0.2, 0.25) is 0 Å². The van der Waals surface area contributed by atoms with Gasteiger partial charge in [-0.3, -0.25) is 0 Å². The van der Waals surface area contributed by atoms with Gasteiger partial charge in [0, 0.05) is 18.7 Å². The van der Waals surface area contributed by atoms with Gasteiger partial charge in [0.25, 0.3) is 0 Å². The fraction of sp³-hybridized carbons (Fsp3) is 0.467. The highest BCUT2D eigenvalue weighted by molar-refractivity contribution is 7.91. The van der Waals surface area contributed by atoms with E-state index in [1.807, 2.05) is 0 Å². The van der Waals surface area contributed by atoms with Gasteiger partial charge in [0.05, 0.1) is 17.0 Å². The maximum atomic E-state index is 12.3. The van der Waals surface area contributed by atoms with Crippen LogP contribution in [-0.2, 0) is 9.84 Å². The number of hydrogen-bond donors (Lipinski definition) is 2. The van der Waals surface area contributed by atoms with Crippen LogP contribution in [0, 0.1) is 0 Å². The molecule has 0 amide bonds. The first-order valence-electron chi connectivity index (χ1n) is 7.08. The SMILES string of the molecule is NC/C(=C\F)COc1ccc(S(=O)(=O)CCCCCO)cc1. The molecule has 0 aliphatic heterocycles. The van der Waals surface area contributed by atoms with Crippen LogP contribution in [0.4, 0.5) is 4.39 Å². The minimum Gasteiger partial charge on any atom is -0.489 e. The van der Waals surface area contributed by atoms with Crippen molar-refractivity contribution < 1.29 is 22.7 Å². The van der Waals surface area contributed by atoms with Crippen LogP contribution in [0.15, 0.2) is 41.1 Å². The summed E-state index contributed by atoms with van der Waals surface area (Å²) in [6.45, 7) is 0.168. The summed E-state index contributed by atoms with van der Waals surface area (Å²) in [5.74, 6) is 0.502. The van der Waals surface area contributed by atoms with Gasteiger partial charge in [-0.1, -0.05) is 6.42 Å². The number of ether oxygens (including phenoxy) is 1. The van der Waals surface area contributed by atoms with Crippen molar-refractivity contribution in [3.05, 3.63) is 36.2 Å². The van der Waals surface area contributed by atoms with Crippen molar-refractivity contribution >= 4 is 9.84 Å². The molecule has 0 bridgehead atoms. The van der Waals surface area contributed by atoms with E-state index in [4.69, 9.17) is 15.6 Å². The van der Waals surface area contributed by atoms with Crippen molar-refractivity contribution in [3.8, 4) is 5.75 Å². The summed E-state index contributed by atoms with van der Waals surface area (Å²) in [5.41, 5.74) is 5.63. The van der Waals surface area contributed by atoms with Gasteiger partial charge in [0.1, 0.15) is 12.4 Å². The highest BCUT2D eigenvalue weighted by Crippen LogP contribution is 2.18. The number of aliphatic hydroxyl groups excluding tert-OH is 1. The van der Waals surface area contributed by atoms with E-state index >= 15 is 0 Å². The van der Waals surface area contributed by atoms with Crippen LogP contribution < -0.4 is 10.5 Å². The van der Waals surface area contributed by atoms with Gasteiger partial charge in [-0.2, -0.15) is 0 Å². The molecule has 3 N–H and O–H groups in total. The number of nitrogens with two attached hydrogens (primary N) is 1. The summed E-state index contributed by atoms with van der Waals surface area (Å²) in [5, 5.41) is 8.67. The summed E-state index contributed by atoms with van der Waals surface area (Å²) < 4.78 is 41.8. The number of unbranched alkanes of at least 4 members (excludes halogenated alkanes) is 2. The van der Waals surface area contributed by atoms with Gasteiger partial charge in [-0.15, -0.1) is 0 Å². The van der Waals surface area contributed by atoms with Crippen molar-refractivity contribution in [1.82, 2.24) is 0 Å². The van der Waals surface area contributed by atoms with Gasteiger partial charge in [-0.25, -0.2) is 12.8 Å². The second-order valence-electron chi connectivity index (χ2n) is 4.83. The van der Waals surface area contributed by atoms with E-state index in [0.29, 0.717) is 36.9 Å². The minimum atomic E-state index is -3.33. The molecule has 22 heavy (non-hydrogen) atoms. The van der Waals surface area contributed by atoms with E-state index in [1.54, 1.807) is 0 Å². The maximum absolute atomic E-state index is 12.3. The number of aliphatic hydroxyl groups is 1. The van der Waals surface area contributed by atoms with Crippen LogP contribution in [0.3, 0.4) is 0 Å². The number of sulfone groups is 1. The lowest BCUT2D eigenvalue weighted by Gasteiger charge is -2.08. The van der Waals surface area contributed by atoms with E-state index in [0.717, 1.165) is 0 Å². The predicted octanol–water partition coefficient (Wildman–Crippen LogP) is 1.81. The van der Waals surface area contributed by atoms with Crippen LogP contribution in [0.25, 0.3) is 0 Å². The molecule has 5 nitrogen and oxygen atoms in total. The molecule has 0 unspecified atom stereocenters. The quantitative estimate of drug-likeness (QED) is 0.638. The normalized spacial score (nSPS) is 12.4.